The second-order valence-corrected chi connectivity index (χ2v) is 20.9. The third-order valence-corrected chi connectivity index (χ3v) is 15.2. The first-order valence-electron chi connectivity index (χ1n) is 23.5. The van der Waals surface area contributed by atoms with Crippen molar-refractivity contribution >= 4 is 120 Å². The number of benzene rings is 9. The monoisotopic (exact) mass is 846 g/mol. The highest BCUT2D eigenvalue weighted by Crippen LogP contribution is 2.52. The van der Waals surface area contributed by atoms with Crippen LogP contribution in [0.3, 0.4) is 0 Å². The molecule has 0 spiro atoms. The summed E-state index contributed by atoms with van der Waals surface area (Å²) in [5, 5.41) is 15.6. The zero-order valence-electron chi connectivity index (χ0n) is 38.0. The van der Waals surface area contributed by atoms with Crippen molar-refractivity contribution in [2.24, 2.45) is 0 Å². The molecule has 314 valence electrons. The summed E-state index contributed by atoms with van der Waals surface area (Å²) in [6, 6.07) is 64.4. The van der Waals surface area contributed by atoms with E-state index < -0.39 is 0 Å². The van der Waals surface area contributed by atoms with Crippen molar-refractivity contribution in [1.29, 1.82) is 0 Å². The van der Waals surface area contributed by atoms with Crippen molar-refractivity contribution in [3.8, 4) is 11.4 Å². The minimum atomic E-state index is -0.0522. The van der Waals surface area contributed by atoms with E-state index in [1.807, 2.05) is 0 Å². The van der Waals surface area contributed by atoms with Crippen LogP contribution in [0.15, 0.2) is 170 Å². The standard InChI is InChI=1S/C62H46N4/c1-61(2,3)43-23-11-17-29-49(43)63-47-27-15-9-21-37(47)55-53(63)32-39-35-19-7-13-25-45(35)65-51-34-52-42(31-41(51)57(55)59(39)65)58-56-38-22-10-16-28-48(38)64(50-30-18-12-24-44(50)62(4,5)6)54(56)33-40-36-20-8-14-26-46(36)66(52)60(40)58/h7-34H,1-6H3. The second-order valence-electron chi connectivity index (χ2n) is 20.9. The van der Waals surface area contributed by atoms with E-state index in [9.17, 15) is 0 Å². The van der Waals surface area contributed by atoms with Crippen molar-refractivity contribution in [2.45, 2.75) is 52.4 Å². The van der Waals surface area contributed by atoms with Gasteiger partial charge in [-0.15, -0.1) is 0 Å². The van der Waals surface area contributed by atoms with Crippen molar-refractivity contribution in [1.82, 2.24) is 17.9 Å². The Hall–Kier alpha value is -7.82. The van der Waals surface area contributed by atoms with Gasteiger partial charge in [0, 0.05) is 76.0 Å². The lowest BCUT2D eigenvalue weighted by Crippen LogP contribution is -2.15. The third kappa shape index (κ3) is 4.36. The number of hydrogen-bond donors (Lipinski definition) is 0. The van der Waals surface area contributed by atoms with Crippen LogP contribution in [0, 0.1) is 0 Å². The molecule has 0 N–H and O–H groups in total. The molecule has 15 rings (SSSR count). The molecule has 0 aliphatic carbocycles. The summed E-state index contributed by atoms with van der Waals surface area (Å²) in [7, 11) is 0. The molecule has 4 nitrogen and oxygen atoms in total. The van der Waals surface area contributed by atoms with Gasteiger partial charge >= 0.3 is 0 Å². The minimum Gasteiger partial charge on any atom is -0.309 e. The Morgan fingerprint density at radius 3 is 1.06 bits per heavy atom. The predicted octanol–water partition coefficient (Wildman–Crippen LogP) is 16.8. The molecule has 15 aromatic rings. The van der Waals surface area contributed by atoms with Crippen LogP contribution in [-0.4, -0.2) is 17.9 Å². The molecule has 0 saturated heterocycles. The normalized spacial score (nSPS) is 13.3. The Kier molecular flexibility index (Phi) is 6.69. The number of fused-ring (bicyclic) bond motifs is 20. The van der Waals surface area contributed by atoms with Gasteiger partial charge in [-0.1, -0.05) is 151 Å². The molecule has 4 heteroatoms. The van der Waals surface area contributed by atoms with E-state index in [1.165, 1.54) is 142 Å². The fraction of sp³-hybridized carbons (Fsp3) is 0.129. The van der Waals surface area contributed by atoms with E-state index in [1.54, 1.807) is 0 Å². The Labute approximate surface area is 380 Å². The summed E-state index contributed by atoms with van der Waals surface area (Å²) in [5.74, 6) is 0. The lowest BCUT2D eigenvalue weighted by atomic mass is 9.85. The van der Waals surface area contributed by atoms with Crippen LogP contribution in [0.5, 0.6) is 0 Å². The molecular weight excluding hydrogens is 801 g/mol. The van der Waals surface area contributed by atoms with Gasteiger partial charge in [0.1, 0.15) is 0 Å². The first-order chi connectivity index (χ1) is 32.1. The van der Waals surface area contributed by atoms with E-state index in [0.29, 0.717) is 0 Å². The maximum Gasteiger partial charge on any atom is 0.0628 e. The SMILES string of the molecule is CC(C)(C)c1ccccc1-n1c2ccccc2c2c3c4cc5c6c7c8ccccc8n(-c8ccccc8C(C)(C)C)c7cc7c8ccccc8n(c5cc4n4c5ccccc5c(cc21)c34)c76. The van der Waals surface area contributed by atoms with Crippen LogP contribution in [0.2, 0.25) is 0 Å². The number of hydrogen-bond acceptors (Lipinski definition) is 0. The van der Waals surface area contributed by atoms with Crippen LogP contribution in [0.1, 0.15) is 52.7 Å². The molecule has 6 heterocycles. The van der Waals surface area contributed by atoms with Crippen LogP contribution in [0.25, 0.3) is 131 Å². The molecule has 9 aromatic carbocycles. The molecule has 0 atom stereocenters. The average Bonchev–Trinajstić information content (AvgIpc) is 4.15. The highest BCUT2D eigenvalue weighted by atomic mass is 15.0. The van der Waals surface area contributed by atoms with Crippen molar-refractivity contribution in [3.63, 3.8) is 0 Å². The zero-order chi connectivity index (χ0) is 44.1. The molecule has 6 aromatic heterocycles. The summed E-state index contributed by atoms with van der Waals surface area (Å²) in [6.45, 7) is 14.0. The van der Waals surface area contributed by atoms with Crippen LogP contribution >= 0.6 is 0 Å². The summed E-state index contributed by atoms with van der Waals surface area (Å²) >= 11 is 0. The summed E-state index contributed by atoms with van der Waals surface area (Å²) in [6.07, 6.45) is 0. The molecule has 0 amide bonds. The molecule has 0 radical (unpaired) electrons. The summed E-state index contributed by atoms with van der Waals surface area (Å²) in [5.41, 5.74) is 17.6. The van der Waals surface area contributed by atoms with Gasteiger partial charge in [0.15, 0.2) is 0 Å². The van der Waals surface area contributed by atoms with Gasteiger partial charge in [0.25, 0.3) is 0 Å². The molecule has 0 bridgehead atoms. The maximum absolute atomic E-state index is 2.58. The molecular formula is C62H46N4. The molecule has 0 aliphatic heterocycles. The quantitative estimate of drug-likeness (QED) is 0.165. The summed E-state index contributed by atoms with van der Waals surface area (Å²) < 4.78 is 10.3. The lowest BCUT2D eigenvalue weighted by Gasteiger charge is -2.24. The molecule has 66 heavy (non-hydrogen) atoms. The highest BCUT2D eigenvalue weighted by molar-refractivity contribution is 6.40. The largest absolute Gasteiger partial charge is 0.309 e. The molecule has 0 aliphatic rings. The molecule has 0 saturated carbocycles. The number of para-hydroxylation sites is 6. The zero-order valence-corrected chi connectivity index (χ0v) is 38.0. The van der Waals surface area contributed by atoms with E-state index >= 15 is 0 Å². The van der Waals surface area contributed by atoms with Crippen LogP contribution < -0.4 is 0 Å². The van der Waals surface area contributed by atoms with Gasteiger partial charge in [0.2, 0.25) is 0 Å². The van der Waals surface area contributed by atoms with Gasteiger partial charge < -0.3 is 17.9 Å². The molecule has 0 fully saturated rings. The van der Waals surface area contributed by atoms with E-state index in [-0.39, 0.29) is 10.8 Å². The van der Waals surface area contributed by atoms with Gasteiger partial charge in [-0.3, -0.25) is 0 Å². The van der Waals surface area contributed by atoms with E-state index in [2.05, 4.69) is 229 Å². The van der Waals surface area contributed by atoms with Gasteiger partial charge in [-0.2, -0.15) is 0 Å². The Balaban J connectivity index is 1.20. The van der Waals surface area contributed by atoms with Crippen LogP contribution in [-0.2, 0) is 10.8 Å². The van der Waals surface area contributed by atoms with Crippen LogP contribution in [0.4, 0.5) is 0 Å². The molecule has 0 unspecified atom stereocenters. The number of aromatic nitrogens is 4. The topological polar surface area (TPSA) is 18.7 Å². The van der Waals surface area contributed by atoms with Gasteiger partial charge in [-0.05, 0) is 82.6 Å². The fourth-order valence-corrected chi connectivity index (χ4v) is 12.6. The van der Waals surface area contributed by atoms with Crippen molar-refractivity contribution in [2.75, 3.05) is 0 Å². The van der Waals surface area contributed by atoms with E-state index in [4.69, 9.17) is 0 Å². The van der Waals surface area contributed by atoms with E-state index in [0.717, 1.165) is 0 Å². The first kappa shape index (κ1) is 36.5. The van der Waals surface area contributed by atoms with Crippen molar-refractivity contribution < 1.29 is 0 Å². The maximum atomic E-state index is 2.58. The Morgan fingerprint density at radius 1 is 0.273 bits per heavy atom. The Morgan fingerprint density at radius 2 is 0.636 bits per heavy atom. The smallest absolute Gasteiger partial charge is 0.0628 e. The minimum absolute atomic E-state index is 0.0522. The van der Waals surface area contributed by atoms with Gasteiger partial charge in [-0.25, -0.2) is 0 Å². The number of rotatable bonds is 2. The van der Waals surface area contributed by atoms with Gasteiger partial charge in [0.05, 0.1) is 55.2 Å². The highest BCUT2D eigenvalue weighted by Gasteiger charge is 2.30. The first-order valence-corrected chi connectivity index (χ1v) is 23.5. The fourth-order valence-electron chi connectivity index (χ4n) is 12.6. The number of nitrogens with zero attached hydrogens (tertiary/aromatic N) is 4. The second kappa shape index (κ2) is 12.1. The van der Waals surface area contributed by atoms with Crippen molar-refractivity contribution in [3.05, 3.63) is 181 Å². The Bertz CT molecular complexity index is 4300. The third-order valence-electron chi connectivity index (χ3n) is 15.2. The average molecular weight is 847 g/mol. The summed E-state index contributed by atoms with van der Waals surface area (Å²) in [4.78, 5) is 0. The predicted molar refractivity (Wildman–Crippen MR) is 282 cm³/mol. The lowest BCUT2D eigenvalue weighted by molar-refractivity contribution is 0.587.